The van der Waals surface area contributed by atoms with Crippen molar-refractivity contribution in [1.82, 2.24) is 4.90 Å². The molecule has 1 aromatic carbocycles. The van der Waals surface area contributed by atoms with Crippen molar-refractivity contribution in [2.24, 2.45) is 0 Å². The Balaban J connectivity index is 2.04. The van der Waals surface area contributed by atoms with Crippen LogP contribution >= 0.6 is 0 Å². The zero-order chi connectivity index (χ0) is 12.8. The quantitative estimate of drug-likeness (QED) is 0.712. The number of hydrogen-bond acceptors (Lipinski definition) is 5. The lowest BCUT2D eigenvalue weighted by Crippen LogP contribution is -2.60. The molecule has 0 spiro atoms. The molecule has 1 aromatic rings. The molecule has 18 heavy (non-hydrogen) atoms. The van der Waals surface area contributed by atoms with Crippen LogP contribution in [0.3, 0.4) is 0 Å². The number of benzene rings is 1. The van der Waals surface area contributed by atoms with Crippen LogP contribution in [0.1, 0.15) is 20.7 Å². The van der Waals surface area contributed by atoms with Crippen molar-refractivity contribution < 1.29 is 19.4 Å². The summed E-state index contributed by atoms with van der Waals surface area (Å²) in [6.07, 6.45) is 0. The molecule has 5 nitrogen and oxygen atoms in total. The maximum absolute atomic E-state index is 12.3. The summed E-state index contributed by atoms with van der Waals surface area (Å²) in [7, 11) is 0. The molecule has 1 heterocycles. The number of ketones is 2. The Hall–Kier alpha value is -1.56. The first-order chi connectivity index (χ1) is 8.65. The van der Waals surface area contributed by atoms with Crippen LogP contribution in [-0.4, -0.2) is 53.6 Å². The lowest BCUT2D eigenvalue weighted by Gasteiger charge is -2.36. The first-order valence-electron chi connectivity index (χ1n) is 5.89. The van der Waals surface area contributed by atoms with Crippen molar-refractivity contribution in [1.29, 1.82) is 0 Å². The maximum atomic E-state index is 12.3. The number of ether oxygens (including phenoxy) is 1. The van der Waals surface area contributed by atoms with E-state index >= 15 is 0 Å². The fourth-order valence-corrected chi connectivity index (χ4v) is 2.53. The zero-order valence-corrected chi connectivity index (χ0v) is 9.76. The summed E-state index contributed by atoms with van der Waals surface area (Å²) < 4.78 is 5.18. The summed E-state index contributed by atoms with van der Waals surface area (Å²) in [6.45, 7) is 1.59. The number of Topliss-reactive ketones (excluding diaryl/α,β-unsaturated/α-hetero) is 2. The third kappa shape index (κ3) is 1.38. The first-order valence-corrected chi connectivity index (χ1v) is 5.89. The minimum atomic E-state index is -2.03. The van der Waals surface area contributed by atoms with Gasteiger partial charge in [0.25, 0.3) is 0 Å². The molecular weight excluding hydrogens is 234 g/mol. The maximum Gasteiger partial charge on any atom is 0.248 e. The van der Waals surface area contributed by atoms with Gasteiger partial charge in [0.05, 0.1) is 13.2 Å². The summed E-state index contributed by atoms with van der Waals surface area (Å²) in [5.74, 6) is -1.05. The highest BCUT2D eigenvalue weighted by Crippen LogP contribution is 2.33. The summed E-state index contributed by atoms with van der Waals surface area (Å²) in [4.78, 5) is 26.1. The number of carbonyl (C=O) groups is 2. The van der Waals surface area contributed by atoms with E-state index in [9.17, 15) is 14.7 Å². The molecule has 94 valence electrons. The van der Waals surface area contributed by atoms with Gasteiger partial charge < -0.3 is 9.84 Å². The van der Waals surface area contributed by atoms with Crippen molar-refractivity contribution in [2.75, 3.05) is 26.3 Å². The zero-order valence-electron chi connectivity index (χ0n) is 9.76. The predicted molar refractivity (Wildman–Crippen MR) is 62.4 cm³/mol. The normalized spacial score (nSPS) is 23.2. The van der Waals surface area contributed by atoms with Gasteiger partial charge >= 0.3 is 0 Å². The molecule has 2 aliphatic rings. The van der Waals surface area contributed by atoms with E-state index in [-0.39, 0.29) is 0 Å². The predicted octanol–water partition coefficient (Wildman–Crippen LogP) is 0.0864. The van der Waals surface area contributed by atoms with Crippen LogP contribution < -0.4 is 0 Å². The van der Waals surface area contributed by atoms with Gasteiger partial charge in [-0.1, -0.05) is 24.3 Å². The molecule has 0 amide bonds. The fourth-order valence-electron chi connectivity index (χ4n) is 2.53. The van der Waals surface area contributed by atoms with E-state index in [4.69, 9.17) is 4.74 Å². The number of carbonyl (C=O) groups excluding carboxylic acids is 2. The average Bonchev–Trinajstić information content (AvgIpc) is 2.64. The van der Waals surface area contributed by atoms with Gasteiger partial charge in [-0.15, -0.1) is 0 Å². The van der Waals surface area contributed by atoms with E-state index < -0.39 is 17.3 Å². The van der Waals surface area contributed by atoms with Gasteiger partial charge in [-0.25, -0.2) is 0 Å². The third-order valence-corrected chi connectivity index (χ3v) is 3.52. The van der Waals surface area contributed by atoms with Gasteiger partial charge in [-0.3, -0.25) is 14.5 Å². The van der Waals surface area contributed by atoms with Crippen LogP contribution in [-0.2, 0) is 4.74 Å². The van der Waals surface area contributed by atoms with E-state index in [1.807, 2.05) is 0 Å². The summed E-state index contributed by atoms with van der Waals surface area (Å²) in [6, 6.07) is 6.53. The summed E-state index contributed by atoms with van der Waals surface area (Å²) in [5.41, 5.74) is -1.43. The number of morpholine rings is 1. The van der Waals surface area contributed by atoms with Crippen molar-refractivity contribution in [3.8, 4) is 0 Å². The van der Waals surface area contributed by atoms with E-state index in [1.165, 1.54) is 4.90 Å². The minimum Gasteiger partial charge on any atom is -0.379 e. The molecular formula is C13H13NO4. The first kappa shape index (κ1) is 11.5. The largest absolute Gasteiger partial charge is 0.379 e. The molecule has 3 rings (SSSR count). The molecule has 5 heteroatoms. The highest BCUT2D eigenvalue weighted by Gasteiger charge is 2.55. The molecule has 1 aliphatic heterocycles. The monoisotopic (exact) mass is 247 g/mol. The number of rotatable bonds is 1. The van der Waals surface area contributed by atoms with Crippen LogP contribution in [0.15, 0.2) is 24.3 Å². The topological polar surface area (TPSA) is 66.8 Å². The Morgan fingerprint density at radius 1 is 1.06 bits per heavy atom. The van der Waals surface area contributed by atoms with Crippen molar-refractivity contribution in [3.05, 3.63) is 35.4 Å². The van der Waals surface area contributed by atoms with Gasteiger partial charge in [0.15, 0.2) is 0 Å². The van der Waals surface area contributed by atoms with Crippen LogP contribution in [0.25, 0.3) is 0 Å². The molecule has 1 N–H and O–H groups in total. The van der Waals surface area contributed by atoms with E-state index in [2.05, 4.69) is 0 Å². The van der Waals surface area contributed by atoms with E-state index in [0.717, 1.165) is 0 Å². The number of fused-ring (bicyclic) bond motifs is 1. The van der Waals surface area contributed by atoms with E-state index in [0.29, 0.717) is 37.4 Å². The molecule has 0 bridgehead atoms. The molecule has 0 aromatic heterocycles. The highest BCUT2D eigenvalue weighted by molar-refractivity contribution is 6.31. The van der Waals surface area contributed by atoms with Crippen LogP contribution in [0.4, 0.5) is 0 Å². The molecule has 0 radical (unpaired) electrons. The SMILES string of the molecule is O=C1c2ccccc2C(=O)C1(O)N1CCOCC1. The standard InChI is InChI=1S/C13H13NO4/c15-11-9-3-1-2-4-10(9)12(16)13(11,17)14-5-7-18-8-6-14/h1-4,17H,5-8H2. The van der Waals surface area contributed by atoms with Crippen LogP contribution in [0.2, 0.25) is 0 Å². The Morgan fingerprint density at radius 3 is 2.06 bits per heavy atom. The van der Waals surface area contributed by atoms with E-state index in [1.54, 1.807) is 24.3 Å². The molecule has 0 saturated carbocycles. The highest BCUT2D eigenvalue weighted by atomic mass is 16.5. The van der Waals surface area contributed by atoms with Crippen LogP contribution in [0, 0.1) is 0 Å². The van der Waals surface area contributed by atoms with Crippen LogP contribution in [0.5, 0.6) is 0 Å². The number of nitrogens with zero attached hydrogens (tertiary/aromatic N) is 1. The summed E-state index contributed by atoms with van der Waals surface area (Å²) in [5, 5.41) is 10.5. The second kappa shape index (κ2) is 3.98. The molecule has 1 fully saturated rings. The Morgan fingerprint density at radius 2 is 1.56 bits per heavy atom. The smallest absolute Gasteiger partial charge is 0.248 e. The minimum absolute atomic E-state index is 0.302. The fraction of sp³-hybridized carbons (Fsp3) is 0.385. The van der Waals surface area contributed by atoms with Crippen molar-refractivity contribution >= 4 is 11.6 Å². The number of hydrogen-bond donors (Lipinski definition) is 1. The second-order valence-electron chi connectivity index (χ2n) is 4.48. The summed E-state index contributed by atoms with van der Waals surface area (Å²) >= 11 is 0. The number of aliphatic hydroxyl groups is 1. The lowest BCUT2D eigenvalue weighted by molar-refractivity contribution is -0.0867. The van der Waals surface area contributed by atoms with Gasteiger partial charge in [0.1, 0.15) is 0 Å². The van der Waals surface area contributed by atoms with Gasteiger partial charge in [-0.2, -0.15) is 0 Å². The molecule has 0 atom stereocenters. The van der Waals surface area contributed by atoms with Crippen molar-refractivity contribution in [3.63, 3.8) is 0 Å². The Bertz CT molecular complexity index is 484. The second-order valence-corrected chi connectivity index (χ2v) is 4.48. The van der Waals surface area contributed by atoms with Crippen molar-refractivity contribution in [2.45, 2.75) is 5.72 Å². The van der Waals surface area contributed by atoms with Gasteiger partial charge in [-0.05, 0) is 0 Å². The molecule has 1 saturated heterocycles. The molecule has 1 aliphatic carbocycles. The third-order valence-electron chi connectivity index (χ3n) is 3.52. The Labute approximate surface area is 104 Å². The molecule has 0 unspecified atom stereocenters. The lowest BCUT2D eigenvalue weighted by atomic mass is 10.1. The Kier molecular flexibility index (Phi) is 2.55. The van der Waals surface area contributed by atoms with Gasteiger partial charge in [0, 0.05) is 24.2 Å². The van der Waals surface area contributed by atoms with Gasteiger partial charge in [0.2, 0.25) is 17.3 Å². The average molecular weight is 247 g/mol.